The zero-order valence-corrected chi connectivity index (χ0v) is 23.4. The first-order chi connectivity index (χ1) is 18.8. The summed E-state index contributed by atoms with van der Waals surface area (Å²) >= 11 is 12.7. The van der Waals surface area contributed by atoms with E-state index in [0.717, 1.165) is 49.5 Å². The third-order valence-electron chi connectivity index (χ3n) is 8.50. The third kappa shape index (κ3) is 6.31. The Kier molecular flexibility index (Phi) is 8.89. The van der Waals surface area contributed by atoms with Crippen LogP contribution < -0.4 is 15.8 Å². The second kappa shape index (κ2) is 12.4. The lowest BCUT2D eigenvalue weighted by Gasteiger charge is -2.53. The summed E-state index contributed by atoms with van der Waals surface area (Å²) < 4.78 is 11.8. The number of esters is 1. The minimum Gasteiger partial charge on any atom is -0.505 e. The highest BCUT2D eigenvalue weighted by Gasteiger charge is 2.50. The van der Waals surface area contributed by atoms with Crippen molar-refractivity contribution in [3.05, 3.63) is 57.6 Å². The summed E-state index contributed by atoms with van der Waals surface area (Å²) in [4.78, 5) is 26.9. The van der Waals surface area contributed by atoms with Gasteiger partial charge >= 0.3 is 5.97 Å². The number of halogens is 2. The van der Waals surface area contributed by atoms with Crippen molar-refractivity contribution in [3.8, 4) is 11.5 Å². The van der Waals surface area contributed by atoms with Crippen molar-refractivity contribution in [1.82, 2.24) is 5.32 Å². The van der Waals surface area contributed by atoms with Crippen LogP contribution in [-0.2, 0) is 16.0 Å². The molecule has 4 bridgehead atoms. The highest BCUT2D eigenvalue weighted by molar-refractivity contribution is 6.39. The maximum atomic E-state index is 13.6. The summed E-state index contributed by atoms with van der Waals surface area (Å²) in [5.74, 6) is 0.830. The molecular weight excluding hydrogens is 539 g/mol. The Morgan fingerprint density at radius 3 is 2.33 bits per heavy atom. The first kappa shape index (κ1) is 28.1. The minimum atomic E-state index is -0.943. The SMILES string of the molecule is NCCCCOc1c(Cl)cc(C(=O)NC(Cc2ccccc2)C(=O)OC2C3CC4CC(C3)CC2C4)c(O)c1Cl. The fourth-order valence-corrected chi connectivity index (χ4v) is 7.44. The molecule has 2 aromatic carbocycles. The maximum absolute atomic E-state index is 13.6. The van der Waals surface area contributed by atoms with Crippen LogP contribution >= 0.6 is 23.2 Å². The van der Waals surface area contributed by atoms with E-state index in [1.807, 2.05) is 30.3 Å². The van der Waals surface area contributed by atoms with Crippen molar-refractivity contribution in [2.75, 3.05) is 13.2 Å². The van der Waals surface area contributed by atoms with E-state index in [9.17, 15) is 14.7 Å². The Balaban J connectivity index is 1.32. The molecule has 2 aromatic rings. The molecule has 1 atom stereocenters. The average Bonchev–Trinajstić information content (AvgIpc) is 2.92. The summed E-state index contributed by atoms with van der Waals surface area (Å²) in [5, 5.41) is 13.5. The number of amides is 1. The molecule has 4 aliphatic rings. The van der Waals surface area contributed by atoms with Gasteiger partial charge < -0.3 is 25.6 Å². The molecule has 0 aliphatic heterocycles. The molecule has 0 aromatic heterocycles. The summed E-state index contributed by atoms with van der Waals surface area (Å²) in [6, 6.07) is 9.82. The van der Waals surface area contributed by atoms with E-state index in [4.69, 9.17) is 38.4 Å². The highest BCUT2D eigenvalue weighted by atomic mass is 35.5. The summed E-state index contributed by atoms with van der Waals surface area (Å²) in [7, 11) is 0. The number of carbonyl (C=O) groups excluding carboxylic acids is 2. The van der Waals surface area contributed by atoms with Crippen molar-refractivity contribution in [2.45, 2.75) is 63.5 Å². The van der Waals surface area contributed by atoms with Gasteiger partial charge in [0.1, 0.15) is 17.2 Å². The standard InChI is InChI=1S/C30H36Cl2N2O5/c31-23-16-22(26(35)25(32)28(23)38-9-5-4-8-33)29(36)34-24(15-17-6-2-1-3-7-17)30(37)39-27-20-11-18-10-19(13-20)14-21(27)12-18/h1-3,6-7,16,18-21,24,27,35H,4-5,8-15,33H2,(H,34,36). The van der Waals surface area contributed by atoms with Gasteiger partial charge in [-0.25, -0.2) is 4.79 Å². The number of hydrogen-bond acceptors (Lipinski definition) is 6. The Morgan fingerprint density at radius 1 is 1.03 bits per heavy atom. The molecule has 1 amide bonds. The van der Waals surface area contributed by atoms with Gasteiger partial charge in [-0.3, -0.25) is 4.79 Å². The number of hydrogen-bond donors (Lipinski definition) is 3. The number of phenols is 1. The second-order valence-electron chi connectivity index (χ2n) is 11.3. The lowest BCUT2D eigenvalue weighted by Crippen LogP contribution is -2.52. The van der Waals surface area contributed by atoms with E-state index in [-0.39, 0.29) is 33.9 Å². The van der Waals surface area contributed by atoms with Gasteiger partial charge in [-0.05, 0) is 86.8 Å². The average molecular weight is 576 g/mol. The van der Waals surface area contributed by atoms with E-state index < -0.39 is 23.7 Å². The Bertz CT molecular complexity index is 1160. The van der Waals surface area contributed by atoms with Crippen LogP contribution in [-0.4, -0.2) is 42.3 Å². The van der Waals surface area contributed by atoms with Crippen molar-refractivity contribution < 1.29 is 24.2 Å². The zero-order valence-electron chi connectivity index (χ0n) is 21.9. The Hall–Kier alpha value is -2.48. The Morgan fingerprint density at radius 2 is 1.69 bits per heavy atom. The Labute approximate surface area is 239 Å². The van der Waals surface area contributed by atoms with Crippen LogP contribution in [0.15, 0.2) is 36.4 Å². The number of aromatic hydroxyl groups is 1. The molecule has 39 heavy (non-hydrogen) atoms. The predicted molar refractivity (Wildman–Crippen MR) is 150 cm³/mol. The van der Waals surface area contributed by atoms with E-state index >= 15 is 0 Å². The third-order valence-corrected chi connectivity index (χ3v) is 9.14. The van der Waals surface area contributed by atoms with E-state index in [1.54, 1.807) is 0 Å². The molecule has 9 heteroatoms. The quantitative estimate of drug-likeness (QED) is 0.240. The van der Waals surface area contributed by atoms with Crippen LogP contribution in [0.5, 0.6) is 11.5 Å². The molecule has 210 valence electrons. The molecule has 1 unspecified atom stereocenters. The van der Waals surface area contributed by atoms with Crippen LogP contribution in [0.25, 0.3) is 0 Å². The van der Waals surface area contributed by atoms with E-state index in [0.29, 0.717) is 31.4 Å². The molecular formula is C30H36Cl2N2O5. The predicted octanol–water partition coefficient (Wildman–Crippen LogP) is 5.53. The fraction of sp³-hybridized carbons (Fsp3) is 0.533. The number of rotatable bonds is 11. The molecule has 4 aliphatic carbocycles. The van der Waals surface area contributed by atoms with Gasteiger partial charge in [0, 0.05) is 6.42 Å². The van der Waals surface area contributed by atoms with Crippen molar-refractivity contribution in [3.63, 3.8) is 0 Å². The van der Waals surface area contributed by atoms with Gasteiger partial charge in [-0.2, -0.15) is 0 Å². The molecule has 4 fully saturated rings. The zero-order chi connectivity index (χ0) is 27.5. The molecule has 0 radical (unpaired) electrons. The number of nitrogens with two attached hydrogens (primary N) is 1. The molecule has 6 rings (SSSR count). The minimum absolute atomic E-state index is 0.0893. The smallest absolute Gasteiger partial charge is 0.329 e. The van der Waals surface area contributed by atoms with Crippen LogP contribution in [0, 0.1) is 23.7 Å². The van der Waals surface area contributed by atoms with E-state index in [1.165, 1.54) is 12.5 Å². The van der Waals surface area contributed by atoms with Gasteiger partial charge in [0.2, 0.25) is 0 Å². The number of carbonyl (C=O) groups is 2. The normalized spacial score (nSPS) is 25.8. The largest absolute Gasteiger partial charge is 0.505 e. The lowest BCUT2D eigenvalue weighted by atomic mass is 9.55. The first-order valence-corrected chi connectivity index (χ1v) is 14.7. The molecule has 4 saturated carbocycles. The van der Waals surface area contributed by atoms with Crippen LogP contribution in [0.2, 0.25) is 10.0 Å². The van der Waals surface area contributed by atoms with Gasteiger partial charge in [0.15, 0.2) is 11.5 Å². The second-order valence-corrected chi connectivity index (χ2v) is 12.1. The van der Waals surface area contributed by atoms with Crippen molar-refractivity contribution >= 4 is 35.1 Å². The van der Waals surface area contributed by atoms with Crippen molar-refractivity contribution in [2.24, 2.45) is 29.4 Å². The number of benzene rings is 2. The maximum Gasteiger partial charge on any atom is 0.329 e. The monoisotopic (exact) mass is 574 g/mol. The fourth-order valence-electron chi connectivity index (χ4n) is 6.88. The number of ether oxygens (including phenoxy) is 2. The van der Waals surface area contributed by atoms with E-state index in [2.05, 4.69) is 5.32 Å². The molecule has 0 heterocycles. The topological polar surface area (TPSA) is 111 Å². The highest BCUT2D eigenvalue weighted by Crippen LogP contribution is 2.54. The number of phenolic OH excluding ortho intramolecular Hbond substituents is 1. The first-order valence-electron chi connectivity index (χ1n) is 13.9. The molecule has 0 spiro atoms. The van der Waals surface area contributed by atoms with Gasteiger partial charge in [-0.1, -0.05) is 53.5 Å². The van der Waals surface area contributed by atoms with Crippen molar-refractivity contribution in [1.29, 1.82) is 0 Å². The summed E-state index contributed by atoms with van der Waals surface area (Å²) in [5.41, 5.74) is 6.25. The number of nitrogens with one attached hydrogen (secondary N) is 1. The summed E-state index contributed by atoms with van der Waals surface area (Å²) in [6.07, 6.45) is 7.39. The lowest BCUT2D eigenvalue weighted by molar-refractivity contribution is -0.172. The van der Waals surface area contributed by atoms with Crippen LogP contribution in [0.1, 0.15) is 60.9 Å². The molecule has 4 N–H and O–H groups in total. The van der Waals surface area contributed by atoms with Crippen LogP contribution in [0.3, 0.4) is 0 Å². The number of unbranched alkanes of at least 4 members (excludes halogenated alkanes) is 1. The van der Waals surface area contributed by atoms with Gasteiger partial charge in [0.05, 0.1) is 17.2 Å². The van der Waals surface area contributed by atoms with Gasteiger partial charge in [-0.15, -0.1) is 0 Å². The summed E-state index contributed by atoms with van der Waals surface area (Å²) in [6.45, 7) is 0.849. The van der Waals surface area contributed by atoms with Gasteiger partial charge in [0.25, 0.3) is 5.91 Å². The molecule has 7 nitrogen and oxygen atoms in total. The van der Waals surface area contributed by atoms with Crippen LogP contribution in [0.4, 0.5) is 0 Å². The molecule has 0 saturated heterocycles.